The van der Waals surface area contributed by atoms with Crippen LogP contribution in [-0.4, -0.2) is 29.5 Å². The maximum atomic E-state index is 12.6. The normalized spacial score (nSPS) is 14.0. The van der Waals surface area contributed by atoms with Gasteiger partial charge >= 0.3 is 5.97 Å². The Hall–Kier alpha value is -0.820. The topological polar surface area (TPSA) is 55.4 Å². The lowest BCUT2D eigenvalue weighted by Gasteiger charge is -2.14. The molecule has 1 N–H and O–H groups in total. The van der Waals surface area contributed by atoms with Crippen molar-refractivity contribution in [2.75, 3.05) is 16.8 Å². The number of rotatable bonds is 4. The number of benzene rings is 1. The van der Waals surface area contributed by atoms with Gasteiger partial charge < -0.3 is 10.1 Å². The van der Waals surface area contributed by atoms with E-state index in [1.54, 1.807) is 32.0 Å². The largest absolute Gasteiger partial charge is 0.459 e. The smallest absolute Gasteiger partial charge is 0.345 e. The highest BCUT2D eigenvalue weighted by atomic mass is 35.5. The van der Waals surface area contributed by atoms with Crippen molar-refractivity contribution in [3.8, 4) is 0 Å². The second-order valence-electron chi connectivity index (χ2n) is 4.87. The summed E-state index contributed by atoms with van der Waals surface area (Å²) in [5.74, 6) is 0.525. The third-order valence-electron chi connectivity index (χ3n) is 2.73. The Morgan fingerprint density at radius 2 is 1.87 bits per heavy atom. The van der Waals surface area contributed by atoms with Crippen LogP contribution in [0.3, 0.4) is 0 Å². The van der Waals surface area contributed by atoms with Gasteiger partial charge in [0.05, 0.1) is 26.1 Å². The zero-order valence-corrected chi connectivity index (χ0v) is 15.7. The van der Waals surface area contributed by atoms with Crippen molar-refractivity contribution in [2.24, 2.45) is 0 Å². The molecule has 124 valence electrons. The van der Waals surface area contributed by atoms with E-state index in [1.165, 1.54) is 23.5 Å². The number of carbonyl (C=O) groups is 2. The summed E-state index contributed by atoms with van der Waals surface area (Å²) in [6.07, 6.45) is -0.308. The number of anilines is 1. The molecule has 4 nitrogen and oxygen atoms in total. The molecule has 0 spiro atoms. The molecule has 1 aliphatic heterocycles. The van der Waals surface area contributed by atoms with Crippen molar-refractivity contribution in [1.29, 1.82) is 0 Å². The molecule has 1 aliphatic rings. The number of carbonyl (C=O) groups excluding carboxylic acids is 2. The van der Waals surface area contributed by atoms with Crippen LogP contribution in [0, 0.1) is 0 Å². The molecule has 1 heterocycles. The number of halogens is 2. The summed E-state index contributed by atoms with van der Waals surface area (Å²) in [7, 11) is 0. The van der Waals surface area contributed by atoms with Crippen LogP contribution in [0.1, 0.15) is 13.8 Å². The minimum Gasteiger partial charge on any atom is -0.459 e. The van der Waals surface area contributed by atoms with Crippen molar-refractivity contribution in [1.82, 2.24) is 0 Å². The molecule has 0 atom stereocenters. The maximum Gasteiger partial charge on any atom is 0.345 e. The molecule has 0 aromatic heterocycles. The minimum absolute atomic E-state index is 0.0160. The van der Waals surface area contributed by atoms with Crippen LogP contribution in [0.5, 0.6) is 0 Å². The summed E-state index contributed by atoms with van der Waals surface area (Å²) in [6, 6.07) is 4.91. The van der Waals surface area contributed by atoms with Crippen molar-refractivity contribution < 1.29 is 14.3 Å². The van der Waals surface area contributed by atoms with Crippen molar-refractivity contribution in [2.45, 2.75) is 20.0 Å². The monoisotopic (exact) mass is 391 g/mol. The highest BCUT2D eigenvalue weighted by Crippen LogP contribution is 2.39. The molecule has 0 bridgehead atoms. The quantitative estimate of drug-likeness (QED) is 0.352. The standard InChI is InChI=1S/C15H15Cl2NO3S2/c1-8(2)21-14(20)11(15-22-6-7-23-15)13(19)18-10-5-3-4-9(16)12(10)17/h3-5,8H,6-7H2,1-2H3,(H,18,19). The van der Waals surface area contributed by atoms with Gasteiger partial charge in [-0.3, -0.25) is 4.79 Å². The first-order valence-corrected chi connectivity index (χ1v) is 9.59. The molecule has 2 rings (SSSR count). The first kappa shape index (κ1) is 18.5. The van der Waals surface area contributed by atoms with Gasteiger partial charge in [0, 0.05) is 11.5 Å². The molecule has 8 heteroatoms. The molecule has 0 aliphatic carbocycles. The molecule has 0 saturated carbocycles. The lowest BCUT2D eigenvalue weighted by molar-refractivity contribution is -0.143. The number of thioether (sulfide) groups is 2. The summed E-state index contributed by atoms with van der Waals surface area (Å²) < 4.78 is 5.87. The summed E-state index contributed by atoms with van der Waals surface area (Å²) >= 11 is 15.0. The lowest BCUT2D eigenvalue weighted by Crippen LogP contribution is -2.25. The Labute approximate surface area is 153 Å². The Morgan fingerprint density at radius 3 is 2.48 bits per heavy atom. The zero-order chi connectivity index (χ0) is 17.0. The van der Waals surface area contributed by atoms with Gasteiger partial charge in [0.25, 0.3) is 5.91 Å². The molecule has 1 amide bonds. The number of nitrogens with one attached hydrogen (secondary N) is 1. The Kier molecular flexibility index (Phi) is 6.71. The number of amides is 1. The van der Waals surface area contributed by atoms with Crippen LogP contribution in [-0.2, 0) is 14.3 Å². The number of esters is 1. The number of ether oxygens (including phenoxy) is 1. The molecular weight excluding hydrogens is 377 g/mol. The second kappa shape index (κ2) is 8.33. The van der Waals surface area contributed by atoms with E-state index in [4.69, 9.17) is 27.9 Å². The zero-order valence-electron chi connectivity index (χ0n) is 12.5. The average Bonchev–Trinajstić information content (AvgIpc) is 2.97. The van der Waals surface area contributed by atoms with E-state index in [1.807, 2.05) is 0 Å². The minimum atomic E-state index is -0.632. The maximum absolute atomic E-state index is 12.6. The Bertz CT molecular complexity index is 654. The molecule has 1 fully saturated rings. The van der Waals surface area contributed by atoms with E-state index in [0.29, 0.717) is 14.9 Å². The van der Waals surface area contributed by atoms with Crippen molar-refractivity contribution in [3.05, 3.63) is 38.1 Å². The fraction of sp³-hybridized carbons (Fsp3) is 0.333. The third-order valence-corrected chi connectivity index (χ3v) is 6.26. The van der Waals surface area contributed by atoms with E-state index in [-0.39, 0.29) is 16.7 Å². The Balaban J connectivity index is 2.29. The first-order chi connectivity index (χ1) is 10.9. The lowest BCUT2D eigenvalue weighted by atomic mass is 10.2. The summed E-state index contributed by atoms with van der Waals surface area (Å²) in [5.41, 5.74) is 0.370. The number of hydrogen-bond acceptors (Lipinski definition) is 5. The van der Waals surface area contributed by atoms with Gasteiger partial charge in [-0.25, -0.2) is 4.79 Å². The molecule has 0 radical (unpaired) electrons. The van der Waals surface area contributed by atoms with E-state index in [2.05, 4.69) is 5.32 Å². The molecule has 23 heavy (non-hydrogen) atoms. The van der Waals surface area contributed by atoms with Gasteiger partial charge in [-0.1, -0.05) is 29.3 Å². The van der Waals surface area contributed by atoms with Crippen LogP contribution in [0.4, 0.5) is 5.69 Å². The van der Waals surface area contributed by atoms with E-state index < -0.39 is 11.9 Å². The average molecular weight is 392 g/mol. The van der Waals surface area contributed by atoms with Gasteiger partial charge in [-0.2, -0.15) is 0 Å². The van der Waals surface area contributed by atoms with Crippen LogP contribution < -0.4 is 5.32 Å². The summed E-state index contributed by atoms with van der Waals surface area (Å²) in [4.78, 5) is 24.9. The second-order valence-corrected chi connectivity index (χ2v) is 8.12. The molecule has 1 saturated heterocycles. The fourth-order valence-electron chi connectivity index (χ4n) is 1.78. The van der Waals surface area contributed by atoms with Gasteiger partial charge in [0.1, 0.15) is 5.57 Å². The molecule has 1 aromatic carbocycles. The van der Waals surface area contributed by atoms with E-state index in [9.17, 15) is 9.59 Å². The van der Waals surface area contributed by atoms with Gasteiger partial charge in [-0.05, 0) is 26.0 Å². The van der Waals surface area contributed by atoms with Crippen LogP contribution in [0.2, 0.25) is 10.0 Å². The van der Waals surface area contributed by atoms with Gasteiger partial charge in [0.15, 0.2) is 0 Å². The SMILES string of the molecule is CC(C)OC(=O)C(C(=O)Nc1cccc(Cl)c1Cl)=C1SCCS1. The van der Waals surface area contributed by atoms with Crippen molar-refractivity contribution >= 4 is 64.3 Å². The number of hydrogen-bond donors (Lipinski definition) is 1. The van der Waals surface area contributed by atoms with Gasteiger partial charge in [0.2, 0.25) is 0 Å². The predicted molar refractivity (Wildman–Crippen MR) is 98.3 cm³/mol. The van der Waals surface area contributed by atoms with E-state index in [0.717, 1.165) is 11.5 Å². The summed E-state index contributed by atoms with van der Waals surface area (Å²) in [5, 5.41) is 3.20. The van der Waals surface area contributed by atoms with Crippen LogP contribution in [0.15, 0.2) is 28.0 Å². The predicted octanol–water partition coefficient (Wildman–Crippen LogP) is 4.58. The summed E-state index contributed by atoms with van der Waals surface area (Å²) in [6.45, 7) is 3.47. The van der Waals surface area contributed by atoms with E-state index >= 15 is 0 Å². The highest BCUT2D eigenvalue weighted by molar-refractivity contribution is 8.25. The molecule has 0 unspecified atom stereocenters. The molecule has 1 aromatic rings. The third kappa shape index (κ3) is 4.83. The highest BCUT2D eigenvalue weighted by Gasteiger charge is 2.28. The van der Waals surface area contributed by atoms with Gasteiger partial charge in [-0.15, -0.1) is 23.5 Å². The first-order valence-electron chi connectivity index (χ1n) is 6.86. The fourth-order valence-corrected chi connectivity index (χ4v) is 4.64. The molecular formula is C15H15Cl2NO3S2. The van der Waals surface area contributed by atoms with Crippen molar-refractivity contribution in [3.63, 3.8) is 0 Å². The van der Waals surface area contributed by atoms with Crippen LogP contribution >= 0.6 is 46.7 Å². The van der Waals surface area contributed by atoms with Crippen LogP contribution in [0.25, 0.3) is 0 Å². The Morgan fingerprint density at radius 1 is 1.22 bits per heavy atom.